The summed E-state index contributed by atoms with van der Waals surface area (Å²) >= 11 is 0. The Kier molecular flexibility index (Phi) is 10.0. The number of phosphoric acid groups is 1. The molecule has 2 aliphatic heterocycles. The quantitative estimate of drug-likeness (QED) is 0.158. The van der Waals surface area contributed by atoms with Gasteiger partial charge in [-0.3, -0.25) is 23.6 Å². The predicted molar refractivity (Wildman–Crippen MR) is 145 cm³/mol. The number of fused-ring (bicyclic) bond motifs is 1. The molecule has 1 aliphatic carbocycles. The second kappa shape index (κ2) is 13.4. The van der Waals surface area contributed by atoms with Gasteiger partial charge in [0.1, 0.15) is 38.3 Å². The van der Waals surface area contributed by atoms with Crippen molar-refractivity contribution in [3.63, 3.8) is 0 Å². The molecule has 3 aliphatic rings. The summed E-state index contributed by atoms with van der Waals surface area (Å²) in [5.74, 6) is -1.71. The number of anilines is 1. The number of hydrogen-bond acceptors (Lipinski definition) is 15. The van der Waals surface area contributed by atoms with Crippen LogP contribution in [0.15, 0.2) is 12.7 Å². The van der Waals surface area contributed by atoms with E-state index in [1.807, 2.05) is 0 Å². The number of carbonyl (C=O) groups excluding carboxylic acids is 1. The number of carbonyl (C=O) groups is 2. The highest BCUT2D eigenvalue weighted by Gasteiger charge is 2.45. The number of rotatable bonds is 11. The minimum atomic E-state index is -5.48. The molecule has 21 heteroatoms. The van der Waals surface area contributed by atoms with Crippen LogP contribution in [0.4, 0.5) is 10.6 Å². The topological polar surface area (TPSA) is 282 Å². The van der Waals surface area contributed by atoms with E-state index < -0.39 is 76.7 Å². The fraction of sp³-hybridized carbons (Fsp3) is 0.696. The van der Waals surface area contributed by atoms with E-state index in [9.17, 15) is 38.7 Å². The number of carboxylic acid groups (broad SMARTS) is 1. The first-order chi connectivity index (χ1) is 20.8. The minimum Gasteiger partial charge on any atom is -0.778 e. The maximum Gasteiger partial charge on any atom is 0.320 e. The standard InChI is InChI=1S/C23H35N7O12P2/c31-17-15(8-40-44(38,39)42-43(36,37)9-12-5-6-24-14(7-12)22(33)34)41-21(18(17)32)30-11-27-16-19(25-10-26-20(16)30)29-23(35)28-13-3-1-2-4-13/h10-15,17-18,21,24,31-32H,1-9H2,(H,33,34)(H,36,37)(H,38,39)(H2,25,26,28,29,35)/p-2/t12?,14?,15-,17+,18+,21-/m1/s1. The van der Waals surface area contributed by atoms with Gasteiger partial charge in [-0.05, 0) is 38.1 Å². The summed E-state index contributed by atoms with van der Waals surface area (Å²) in [4.78, 5) is 60.8. The number of aliphatic hydroxyl groups is 2. The van der Waals surface area contributed by atoms with Crippen LogP contribution in [0.3, 0.4) is 0 Å². The number of aromatic nitrogens is 4. The molecule has 4 heterocycles. The van der Waals surface area contributed by atoms with Crippen LogP contribution in [0, 0.1) is 5.92 Å². The number of phosphoric ester groups is 1. The lowest BCUT2D eigenvalue weighted by atomic mass is 9.94. The van der Waals surface area contributed by atoms with Crippen LogP contribution in [0.5, 0.6) is 0 Å². The van der Waals surface area contributed by atoms with E-state index in [4.69, 9.17) is 9.84 Å². The Bertz CT molecular complexity index is 1460. The molecule has 3 fully saturated rings. The van der Waals surface area contributed by atoms with Gasteiger partial charge in [0.15, 0.2) is 23.2 Å². The molecular weight excluding hydrogens is 628 g/mol. The van der Waals surface area contributed by atoms with Crippen molar-refractivity contribution in [1.29, 1.82) is 0 Å². The van der Waals surface area contributed by atoms with E-state index in [1.165, 1.54) is 10.9 Å². The number of carboxylic acids is 1. The zero-order valence-electron chi connectivity index (χ0n) is 23.3. The van der Waals surface area contributed by atoms with Crippen LogP contribution in [0.1, 0.15) is 44.8 Å². The van der Waals surface area contributed by atoms with Crippen molar-refractivity contribution >= 4 is 44.4 Å². The number of nitrogens with zero attached hydrogens (tertiary/aromatic N) is 4. The molecule has 244 valence electrons. The lowest BCUT2D eigenvalue weighted by Gasteiger charge is -2.36. The van der Waals surface area contributed by atoms with E-state index in [0.717, 1.165) is 32.0 Å². The van der Waals surface area contributed by atoms with Crippen LogP contribution in [0.25, 0.3) is 11.2 Å². The summed E-state index contributed by atoms with van der Waals surface area (Å²) < 4.78 is 40.7. The number of aliphatic carboxylic acids is 1. The number of nitrogens with one attached hydrogen (secondary N) is 3. The SMILES string of the molecule is O=C(Nc1ncnc2c1ncn2[C@@H]1O[C@H](COP(=O)([O-])OP(=O)([O-])CC2CCNC(C(=O)O)C2)[C@H](O)[C@@H]1O)NC1CCCC1. The minimum absolute atomic E-state index is 0.0323. The maximum atomic E-state index is 12.4. The molecule has 1 saturated carbocycles. The van der Waals surface area contributed by atoms with Gasteiger partial charge in [-0.1, -0.05) is 12.8 Å². The molecule has 19 nitrogen and oxygen atoms in total. The zero-order valence-corrected chi connectivity index (χ0v) is 25.0. The zero-order chi connectivity index (χ0) is 31.6. The summed E-state index contributed by atoms with van der Waals surface area (Å²) in [5, 5.41) is 38.6. The van der Waals surface area contributed by atoms with Crippen LogP contribution in [0.2, 0.25) is 0 Å². The van der Waals surface area contributed by atoms with Gasteiger partial charge < -0.3 is 49.6 Å². The van der Waals surface area contributed by atoms with Crippen molar-refractivity contribution in [3.05, 3.63) is 12.7 Å². The Balaban J connectivity index is 1.19. The van der Waals surface area contributed by atoms with Gasteiger partial charge in [-0.15, -0.1) is 0 Å². The van der Waals surface area contributed by atoms with E-state index in [-0.39, 0.29) is 36.0 Å². The summed E-state index contributed by atoms with van der Waals surface area (Å²) in [7, 11) is -10.5. The normalized spacial score (nSPS) is 30.5. The Morgan fingerprint density at radius 1 is 1.14 bits per heavy atom. The van der Waals surface area contributed by atoms with Crippen molar-refractivity contribution in [2.24, 2.45) is 5.92 Å². The van der Waals surface area contributed by atoms with Gasteiger partial charge >= 0.3 is 12.0 Å². The molecule has 0 radical (unpaired) electrons. The van der Waals surface area contributed by atoms with Gasteiger partial charge in [-0.2, -0.15) is 0 Å². The van der Waals surface area contributed by atoms with Crippen LogP contribution in [-0.2, 0) is 27.5 Å². The van der Waals surface area contributed by atoms with E-state index in [0.29, 0.717) is 6.42 Å². The third-order valence-corrected chi connectivity index (χ3v) is 11.0. The fourth-order valence-corrected chi connectivity index (χ4v) is 8.63. The molecule has 5 rings (SSSR count). The highest BCUT2D eigenvalue weighted by atomic mass is 31.3. The molecule has 2 aromatic rings. The first kappa shape index (κ1) is 32.8. The molecule has 0 bridgehead atoms. The van der Waals surface area contributed by atoms with Crippen LogP contribution in [-0.4, -0.2) is 96.5 Å². The average Bonchev–Trinajstić information content (AvgIpc) is 3.68. The lowest BCUT2D eigenvalue weighted by molar-refractivity contribution is -0.234. The number of amides is 2. The maximum absolute atomic E-state index is 12.4. The second-order valence-electron chi connectivity index (χ2n) is 11.0. The van der Waals surface area contributed by atoms with Gasteiger partial charge in [0.2, 0.25) is 0 Å². The molecule has 0 aromatic carbocycles. The van der Waals surface area contributed by atoms with E-state index in [2.05, 4.69) is 39.7 Å². The fourth-order valence-electron chi connectivity index (χ4n) is 5.67. The number of aliphatic hydroxyl groups excluding tert-OH is 2. The Morgan fingerprint density at radius 3 is 2.61 bits per heavy atom. The first-order valence-corrected chi connectivity index (χ1v) is 17.2. The lowest BCUT2D eigenvalue weighted by Crippen LogP contribution is -2.44. The van der Waals surface area contributed by atoms with E-state index in [1.54, 1.807) is 0 Å². The van der Waals surface area contributed by atoms with Gasteiger partial charge in [0.25, 0.3) is 7.82 Å². The molecule has 4 unspecified atom stereocenters. The number of urea groups is 1. The second-order valence-corrected chi connectivity index (χ2v) is 14.4. The molecule has 2 saturated heterocycles. The molecule has 6 N–H and O–H groups in total. The first-order valence-electron chi connectivity index (χ1n) is 14.0. The van der Waals surface area contributed by atoms with Crippen molar-refractivity contribution < 1.29 is 57.4 Å². The van der Waals surface area contributed by atoms with Crippen molar-refractivity contribution in [1.82, 2.24) is 30.2 Å². The van der Waals surface area contributed by atoms with Gasteiger partial charge in [-0.25, -0.2) is 19.7 Å². The smallest absolute Gasteiger partial charge is 0.320 e. The molecule has 2 amide bonds. The average molecular weight is 662 g/mol. The highest BCUT2D eigenvalue weighted by molar-refractivity contribution is 7.62. The number of ether oxygens (including phenoxy) is 1. The van der Waals surface area contributed by atoms with Crippen LogP contribution < -0.4 is 25.7 Å². The van der Waals surface area contributed by atoms with Crippen molar-refractivity contribution in [3.8, 4) is 0 Å². The molecule has 0 spiro atoms. The molecular formula is C23H33N7O12P2-2. The summed E-state index contributed by atoms with van der Waals surface area (Å²) in [6.45, 7) is -0.668. The molecule has 2 aromatic heterocycles. The molecule has 8 atom stereocenters. The van der Waals surface area contributed by atoms with Gasteiger partial charge in [0, 0.05) is 12.2 Å². The third kappa shape index (κ3) is 7.80. The Hall–Kier alpha value is -2.57. The number of hydrogen-bond donors (Lipinski definition) is 6. The number of piperidine rings is 1. The number of imidazole rings is 1. The van der Waals surface area contributed by atoms with Gasteiger partial charge in [0.05, 0.1) is 12.9 Å². The van der Waals surface area contributed by atoms with Crippen LogP contribution >= 0.6 is 15.4 Å². The van der Waals surface area contributed by atoms with Crippen molar-refractivity contribution in [2.75, 3.05) is 24.6 Å². The molecule has 44 heavy (non-hydrogen) atoms. The van der Waals surface area contributed by atoms with Crippen molar-refractivity contribution in [2.45, 2.75) is 75.1 Å². The van der Waals surface area contributed by atoms with E-state index >= 15 is 0 Å². The monoisotopic (exact) mass is 661 g/mol. The summed E-state index contributed by atoms with van der Waals surface area (Å²) in [6.07, 6.45) is -0.299. The highest BCUT2D eigenvalue weighted by Crippen LogP contribution is 2.56. The Labute approximate surface area is 250 Å². The largest absolute Gasteiger partial charge is 0.778 e. The summed E-state index contributed by atoms with van der Waals surface area (Å²) in [5.41, 5.74) is 0.285. The predicted octanol–water partition coefficient (Wildman–Crippen LogP) is -0.983. The third-order valence-electron chi connectivity index (χ3n) is 7.81. The Morgan fingerprint density at radius 2 is 1.89 bits per heavy atom. The summed E-state index contributed by atoms with van der Waals surface area (Å²) in [6, 6.07) is -1.38.